The van der Waals surface area contributed by atoms with Crippen molar-refractivity contribution in [2.45, 2.75) is 53.9 Å². The summed E-state index contributed by atoms with van der Waals surface area (Å²) >= 11 is 0. The van der Waals surface area contributed by atoms with Crippen LogP contribution in [0.3, 0.4) is 0 Å². The summed E-state index contributed by atoms with van der Waals surface area (Å²) in [4.78, 5) is 50.9. The molecule has 0 unspecified atom stereocenters. The lowest BCUT2D eigenvalue weighted by Gasteiger charge is -2.28. The molecule has 0 radical (unpaired) electrons. The Morgan fingerprint density at radius 3 is 1.77 bits per heavy atom. The smallest absolute Gasteiger partial charge is 0.337 e. The zero-order valence-corrected chi connectivity index (χ0v) is 21.4. The summed E-state index contributed by atoms with van der Waals surface area (Å²) in [6.07, 6.45) is 0. The SMILES string of the molecule is CCOC(=O)C1=C(C)NC(C)=C(C(=O)OCC)C1C(=O)OCC(=O)Nc1ccc(C(C)(C)C)cc1. The summed E-state index contributed by atoms with van der Waals surface area (Å²) in [7, 11) is 0. The van der Waals surface area contributed by atoms with Gasteiger partial charge in [0.15, 0.2) is 6.61 Å². The van der Waals surface area contributed by atoms with E-state index in [1.165, 1.54) is 0 Å². The second-order valence-corrected chi connectivity index (χ2v) is 9.06. The van der Waals surface area contributed by atoms with E-state index in [0.29, 0.717) is 17.1 Å². The maximum Gasteiger partial charge on any atom is 0.337 e. The molecule has 1 amide bonds. The number of nitrogens with one attached hydrogen (secondary N) is 2. The number of rotatable bonds is 8. The molecule has 0 saturated carbocycles. The fourth-order valence-corrected chi connectivity index (χ4v) is 3.66. The summed E-state index contributed by atoms with van der Waals surface area (Å²) < 4.78 is 15.4. The van der Waals surface area contributed by atoms with Crippen molar-refractivity contribution in [2.24, 2.45) is 5.92 Å². The molecule has 1 aromatic carbocycles. The van der Waals surface area contributed by atoms with Gasteiger partial charge in [0, 0.05) is 17.1 Å². The molecular weight excluding hydrogens is 452 g/mol. The maximum atomic E-state index is 13.1. The third-order valence-electron chi connectivity index (χ3n) is 5.37. The number of carbonyl (C=O) groups excluding carboxylic acids is 4. The van der Waals surface area contributed by atoms with Crippen LogP contribution in [0.2, 0.25) is 0 Å². The number of anilines is 1. The fourth-order valence-electron chi connectivity index (χ4n) is 3.66. The third kappa shape index (κ3) is 6.94. The van der Waals surface area contributed by atoms with Crippen molar-refractivity contribution in [2.75, 3.05) is 25.1 Å². The zero-order valence-electron chi connectivity index (χ0n) is 21.4. The van der Waals surface area contributed by atoms with E-state index in [1.54, 1.807) is 39.8 Å². The van der Waals surface area contributed by atoms with Crippen molar-refractivity contribution in [3.05, 3.63) is 52.4 Å². The second-order valence-electron chi connectivity index (χ2n) is 9.06. The number of amides is 1. The minimum Gasteiger partial charge on any atom is -0.463 e. The summed E-state index contributed by atoms with van der Waals surface area (Å²) in [6.45, 7) is 12.2. The Hall–Kier alpha value is -3.62. The molecular formula is C26H34N2O7. The molecule has 0 fully saturated rings. The van der Waals surface area contributed by atoms with Crippen LogP contribution in [0.1, 0.15) is 54.0 Å². The standard InChI is InChI=1S/C26H34N2O7/c1-8-33-23(30)20-15(3)27-16(4)21(24(31)34-9-2)22(20)25(32)35-14-19(29)28-18-12-10-17(11-13-18)26(5,6)7/h10-13,22,27H,8-9,14H2,1-7H3,(H,28,29). The predicted octanol–water partition coefficient (Wildman–Crippen LogP) is 3.36. The number of ether oxygens (including phenoxy) is 3. The molecule has 0 aliphatic carbocycles. The monoisotopic (exact) mass is 486 g/mol. The fraction of sp³-hybridized carbons (Fsp3) is 0.462. The van der Waals surface area contributed by atoms with Crippen LogP contribution in [0, 0.1) is 5.92 Å². The Morgan fingerprint density at radius 2 is 1.34 bits per heavy atom. The number of hydrogen-bond donors (Lipinski definition) is 2. The van der Waals surface area contributed by atoms with E-state index < -0.39 is 36.3 Å². The first-order chi connectivity index (χ1) is 16.4. The van der Waals surface area contributed by atoms with Crippen LogP contribution in [-0.4, -0.2) is 43.6 Å². The van der Waals surface area contributed by atoms with E-state index in [1.807, 2.05) is 12.1 Å². The van der Waals surface area contributed by atoms with E-state index in [0.717, 1.165) is 5.56 Å². The molecule has 2 rings (SSSR count). The highest BCUT2D eigenvalue weighted by atomic mass is 16.5. The molecule has 1 heterocycles. The van der Waals surface area contributed by atoms with Gasteiger partial charge in [-0.1, -0.05) is 32.9 Å². The van der Waals surface area contributed by atoms with Crippen LogP contribution in [0.25, 0.3) is 0 Å². The number of allylic oxidation sites excluding steroid dienone is 2. The number of hydrogen-bond acceptors (Lipinski definition) is 8. The molecule has 35 heavy (non-hydrogen) atoms. The molecule has 0 spiro atoms. The molecule has 1 aliphatic rings. The molecule has 0 aromatic heterocycles. The molecule has 9 nitrogen and oxygen atoms in total. The van der Waals surface area contributed by atoms with Gasteiger partial charge >= 0.3 is 17.9 Å². The Labute approximate surface area is 205 Å². The minimum absolute atomic E-state index is 0.0303. The lowest BCUT2D eigenvalue weighted by Crippen LogP contribution is -2.39. The predicted molar refractivity (Wildman–Crippen MR) is 130 cm³/mol. The third-order valence-corrected chi connectivity index (χ3v) is 5.37. The average Bonchev–Trinajstić information content (AvgIpc) is 2.76. The largest absolute Gasteiger partial charge is 0.463 e. The first-order valence-electron chi connectivity index (χ1n) is 11.5. The average molecular weight is 487 g/mol. The Kier molecular flexibility index (Phi) is 9.22. The van der Waals surface area contributed by atoms with E-state index in [4.69, 9.17) is 14.2 Å². The Morgan fingerprint density at radius 1 is 0.857 bits per heavy atom. The van der Waals surface area contributed by atoms with Crippen molar-refractivity contribution in [1.82, 2.24) is 5.32 Å². The highest BCUT2D eigenvalue weighted by Gasteiger charge is 2.42. The van der Waals surface area contributed by atoms with Gasteiger partial charge in [0.05, 0.1) is 24.4 Å². The lowest BCUT2D eigenvalue weighted by molar-refractivity contribution is -0.153. The van der Waals surface area contributed by atoms with Gasteiger partial charge in [-0.15, -0.1) is 0 Å². The lowest BCUT2D eigenvalue weighted by atomic mass is 9.85. The number of dihydropyridines is 1. The molecule has 9 heteroatoms. The topological polar surface area (TPSA) is 120 Å². The number of benzene rings is 1. The van der Waals surface area contributed by atoms with Crippen molar-refractivity contribution >= 4 is 29.5 Å². The van der Waals surface area contributed by atoms with Gasteiger partial charge in [0.1, 0.15) is 5.92 Å². The number of esters is 3. The zero-order chi connectivity index (χ0) is 26.3. The van der Waals surface area contributed by atoms with Crippen molar-refractivity contribution < 1.29 is 33.4 Å². The van der Waals surface area contributed by atoms with Crippen LogP contribution in [0.15, 0.2) is 46.8 Å². The van der Waals surface area contributed by atoms with Crippen molar-refractivity contribution in [3.63, 3.8) is 0 Å². The molecule has 0 saturated heterocycles. The van der Waals surface area contributed by atoms with Gasteiger partial charge in [0.25, 0.3) is 5.91 Å². The van der Waals surface area contributed by atoms with Gasteiger partial charge in [-0.25, -0.2) is 9.59 Å². The quantitative estimate of drug-likeness (QED) is 0.424. The van der Waals surface area contributed by atoms with Gasteiger partial charge in [0.2, 0.25) is 0 Å². The molecule has 1 aromatic rings. The van der Waals surface area contributed by atoms with Crippen molar-refractivity contribution in [3.8, 4) is 0 Å². The summed E-state index contributed by atoms with van der Waals surface area (Å²) in [5, 5.41) is 5.60. The van der Waals surface area contributed by atoms with E-state index in [-0.39, 0.29) is 29.8 Å². The van der Waals surface area contributed by atoms with E-state index in [2.05, 4.69) is 31.4 Å². The maximum absolute atomic E-state index is 13.1. The molecule has 190 valence electrons. The molecule has 0 atom stereocenters. The highest BCUT2D eigenvalue weighted by molar-refractivity contribution is 6.06. The summed E-state index contributed by atoms with van der Waals surface area (Å²) in [5.74, 6) is -4.43. The second kappa shape index (κ2) is 11.7. The van der Waals surface area contributed by atoms with E-state index in [9.17, 15) is 19.2 Å². The van der Waals surface area contributed by atoms with Crippen LogP contribution >= 0.6 is 0 Å². The van der Waals surface area contributed by atoms with Crippen LogP contribution < -0.4 is 10.6 Å². The van der Waals surface area contributed by atoms with Crippen LogP contribution in [0.4, 0.5) is 5.69 Å². The highest BCUT2D eigenvalue weighted by Crippen LogP contribution is 2.32. The molecule has 0 bridgehead atoms. The van der Waals surface area contributed by atoms with E-state index >= 15 is 0 Å². The molecule has 2 N–H and O–H groups in total. The first-order valence-corrected chi connectivity index (χ1v) is 11.5. The summed E-state index contributed by atoms with van der Waals surface area (Å²) in [6, 6.07) is 7.36. The summed E-state index contributed by atoms with van der Waals surface area (Å²) in [5.41, 5.74) is 2.19. The minimum atomic E-state index is -1.40. The number of carbonyl (C=O) groups is 4. The van der Waals surface area contributed by atoms with Crippen LogP contribution in [0.5, 0.6) is 0 Å². The first kappa shape index (κ1) is 27.6. The van der Waals surface area contributed by atoms with Gasteiger partial charge in [-0.05, 0) is 50.8 Å². The van der Waals surface area contributed by atoms with Gasteiger partial charge in [-0.3, -0.25) is 9.59 Å². The van der Waals surface area contributed by atoms with Gasteiger partial charge < -0.3 is 24.8 Å². The Balaban J connectivity index is 2.21. The van der Waals surface area contributed by atoms with Crippen LogP contribution in [-0.2, 0) is 38.8 Å². The van der Waals surface area contributed by atoms with Crippen molar-refractivity contribution in [1.29, 1.82) is 0 Å². The van der Waals surface area contributed by atoms with Gasteiger partial charge in [-0.2, -0.15) is 0 Å². The normalized spacial score (nSPS) is 14.3. The molecule has 1 aliphatic heterocycles. The Bertz CT molecular complexity index is 1010.